The Kier molecular flexibility index (Phi) is 3.85. The number of benzene rings is 2. The average Bonchev–Trinajstić information content (AvgIpc) is 2.38. The SMILES string of the molecule is Cc1ccc(OC(C(=O)O)c2ccccc2)c(C)c1. The maximum atomic E-state index is 11.4. The molecule has 0 heterocycles. The van der Waals surface area contributed by atoms with Crippen LogP contribution in [-0.2, 0) is 4.79 Å². The van der Waals surface area contributed by atoms with Gasteiger partial charge in [0.1, 0.15) is 5.75 Å². The highest BCUT2D eigenvalue weighted by molar-refractivity contribution is 5.74. The van der Waals surface area contributed by atoms with Crippen LogP contribution in [0.4, 0.5) is 0 Å². The third kappa shape index (κ3) is 3.13. The number of hydrogen-bond acceptors (Lipinski definition) is 2. The number of carboxylic acid groups (broad SMARTS) is 1. The molecule has 1 atom stereocenters. The molecule has 0 bridgehead atoms. The molecule has 0 fully saturated rings. The molecule has 2 rings (SSSR count). The summed E-state index contributed by atoms with van der Waals surface area (Å²) in [6, 6.07) is 14.6. The van der Waals surface area contributed by atoms with E-state index in [1.807, 2.05) is 38.1 Å². The molecule has 1 unspecified atom stereocenters. The van der Waals surface area contributed by atoms with Crippen LogP contribution in [0.3, 0.4) is 0 Å². The summed E-state index contributed by atoms with van der Waals surface area (Å²) >= 11 is 0. The highest BCUT2D eigenvalue weighted by atomic mass is 16.5. The van der Waals surface area contributed by atoms with Gasteiger partial charge in [-0.2, -0.15) is 0 Å². The lowest BCUT2D eigenvalue weighted by Gasteiger charge is -2.17. The van der Waals surface area contributed by atoms with Crippen molar-refractivity contribution in [2.75, 3.05) is 0 Å². The van der Waals surface area contributed by atoms with E-state index in [1.165, 1.54) is 0 Å². The van der Waals surface area contributed by atoms with E-state index in [9.17, 15) is 9.90 Å². The van der Waals surface area contributed by atoms with Crippen molar-refractivity contribution in [3.05, 3.63) is 65.2 Å². The lowest BCUT2D eigenvalue weighted by molar-refractivity contribution is -0.145. The predicted molar refractivity (Wildman–Crippen MR) is 73.4 cm³/mol. The Bertz CT molecular complexity index is 576. The number of ether oxygens (including phenoxy) is 1. The molecule has 0 spiro atoms. The number of hydrogen-bond donors (Lipinski definition) is 1. The summed E-state index contributed by atoms with van der Waals surface area (Å²) in [6.07, 6.45) is -0.984. The van der Waals surface area contributed by atoms with Gasteiger partial charge in [0.15, 0.2) is 0 Å². The van der Waals surface area contributed by atoms with E-state index < -0.39 is 12.1 Å². The first-order valence-electron chi connectivity index (χ1n) is 6.09. The van der Waals surface area contributed by atoms with Gasteiger partial charge in [-0.3, -0.25) is 0 Å². The van der Waals surface area contributed by atoms with Gasteiger partial charge in [-0.1, -0.05) is 48.0 Å². The van der Waals surface area contributed by atoms with E-state index >= 15 is 0 Å². The molecule has 0 saturated heterocycles. The lowest BCUT2D eigenvalue weighted by atomic mass is 10.1. The van der Waals surface area contributed by atoms with Crippen molar-refractivity contribution >= 4 is 5.97 Å². The molecule has 1 N–H and O–H groups in total. The molecule has 0 aliphatic rings. The summed E-state index contributed by atoms with van der Waals surface area (Å²) < 4.78 is 5.65. The molecule has 19 heavy (non-hydrogen) atoms. The van der Waals surface area contributed by atoms with Crippen molar-refractivity contribution < 1.29 is 14.6 Å². The van der Waals surface area contributed by atoms with E-state index in [0.29, 0.717) is 11.3 Å². The first kappa shape index (κ1) is 13.1. The first-order valence-corrected chi connectivity index (χ1v) is 6.09. The molecular formula is C16H16O3. The minimum absolute atomic E-state index is 0.599. The van der Waals surface area contributed by atoms with Crippen LogP contribution in [0.5, 0.6) is 5.75 Å². The largest absolute Gasteiger partial charge is 0.478 e. The number of aliphatic carboxylic acids is 1. The standard InChI is InChI=1S/C16H16O3/c1-11-8-9-14(12(2)10-11)19-15(16(17)18)13-6-4-3-5-7-13/h3-10,15H,1-2H3,(H,17,18). The second-order valence-corrected chi connectivity index (χ2v) is 4.52. The van der Waals surface area contributed by atoms with Gasteiger partial charge in [0.25, 0.3) is 0 Å². The van der Waals surface area contributed by atoms with Gasteiger partial charge in [-0.15, -0.1) is 0 Å². The summed E-state index contributed by atoms with van der Waals surface area (Å²) in [4.78, 5) is 11.4. The second kappa shape index (κ2) is 5.57. The zero-order valence-corrected chi connectivity index (χ0v) is 11.0. The van der Waals surface area contributed by atoms with E-state index in [4.69, 9.17) is 4.74 Å². The van der Waals surface area contributed by atoms with Gasteiger partial charge in [0, 0.05) is 5.56 Å². The molecule has 98 valence electrons. The Labute approximate surface area is 112 Å². The van der Waals surface area contributed by atoms with Gasteiger partial charge < -0.3 is 9.84 Å². The van der Waals surface area contributed by atoms with Crippen LogP contribution < -0.4 is 4.74 Å². The molecule has 0 aromatic heterocycles. The quantitative estimate of drug-likeness (QED) is 0.910. The summed E-state index contributed by atoms with van der Waals surface area (Å²) in [5.74, 6) is -0.395. The fourth-order valence-electron chi connectivity index (χ4n) is 1.95. The van der Waals surface area contributed by atoms with Gasteiger partial charge in [-0.25, -0.2) is 4.79 Å². The van der Waals surface area contributed by atoms with E-state index in [2.05, 4.69) is 0 Å². The van der Waals surface area contributed by atoms with Gasteiger partial charge >= 0.3 is 5.97 Å². The van der Waals surface area contributed by atoms with Crippen LogP contribution in [0, 0.1) is 13.8 Å². The molecule has 3 heteroatoms. The molecule has 2 aromatic rings. The Morgan fingerprint density at radius 2 is 1.79 bits per heavy atom. The minimum atomic E-state index is -0.994. The summed E-state index contributed by atoms with van der Waals surface area (Å²) in [7, 11) is 0. The van der Waals surface area contributed by atoms with Crippen LogP contribution in [0.1, 0.15) is 22.8 Å². The number of carboxylic acids is 1. The maximum absolute atomic E-state index is 11.4. The van der Waals surface area contributed by atoms with Crippen LogP contribution >= 0.6 is 0 Å². The Morgan fingerprint density at radius 1 is 1.11 bits per heavy atom. The van der Waals surface area contributed by atoms with Gasteiger partial charge in [0.2, 0.25) is 6.10 Å². The smallest absolute Gasteiger partial charge is 0.349 e. The summed E-state index contributed by atoms with van der Waals surface area (Å²) in [5.41, 5.74) is 2.69. The number of carbonyl (C=O) groups is 1. The molecule has 2 aromatic carbocycles. The van der Waals surface area contributed by atoms with Crippen molar-refractivity contribution in [2.45, 2.75) is 20.0 Å². The Hall–Kier alpha value is -2.29. The lowest BCUT2D eigenvalue weighted by Crippen LogP contribution is -2.18. The zero-order chi connectivity index (χ0) is 13.8. The molecule has 0 aliphatic heterocycles. The van der Waals surface area contributed by atoms with E-state index in [1.54, 1.807) is 24.3 Å². The maximum Gasteiger partial charge on any atom is 0.349 e. The Morgan fingerprint density at radius 3 is 2.37 bits per heavy atom. The third-order valence-corrected chi connectivity index (χ3v) is 2.90. The van der Waals surface area contributed by atoms with Crippen molar-refractivity contribution in [1.29, 1.82) is 0 Å². The van der Waals surface area contributed by atoms with Crippen molar-refractivity contribution in [1.82, 2.24) is 0 Å². The van der Waals surface area contributed by atoms with Crippen molar-refractivity contribution in [3.63, 3.8) is 0 Å². The van der Waals surface area contributed by atoms with Crippen molar-refractivity contribution in [3.8, 4) is 5.75 Å². The average molecular weight is 256 g/mol. The normalized spacial score (nSPS) is 11.9. The van der Waals surface area contributed by atoms with Crippen molar-refractivity contribution in [2.24, 2.45) is 0 Å². The third-order valence-electron chi connectivity index (χ3n) is 2.90. The summed E-state index contributed by atoms with van der Waals surface area (Å²) in [6.45, 7) is 3.90. The topological polar surface area (TPSA) is 46.5 Å². The minimum Gasteiger partial charge on any atom is -0.478 e. The highest BCUT2D eigenvalue weighted by Crippen LogP contribution is 2.26. The molecule has 0 radical (unpaired) electrons. The monoisotopic (exact) mass is 256 g/mol. The fourth-order valence-corrected chi connectivity index (χ4v) is 1.95. The predicted octanol–water partition coefficient (Wildman–Crippen LogP) is 3.51. The molecule has 3 nitrogen and oxygen atoms in total. The van der Waals surface area contributed by atoms with E-state index in [0.717, 1.165) is 11.1 Å². The van der Waals surface area contributed by atoms with Crippen LogP contribution in [0.15, 0.2) is 48.5 Å². The van der Waals surface area contributed by atoms with Gasteiger partial charge in [0.05, 0.1) is 0 Å². The Balaban J connectivity index is 2.29. The van der Waals surface area contributed by atoms with Crippen LogP contribution in [0.2, 0.25) is 0 Å². The molecule has 0 aliphatic carbocycles. The zero-order valence-electron chi connectivity index (χ0n) is 11.0. The molecule has 0 saturated carbocycles. The van der Waals surface area contributed by atoms with E-state index in [-0.39, 0.29) is 0 Å². The van der Waals surface area contributed by atoms with Gasteiger partial charge in [-0.05, 0) is 25.5 Å². The molecular weight excluding hydrogens is 240 g/mol. The second-order valence-electron chi connectivity index (χ2n) is 4.52. The highest BCUT2D eigenvalue weighted by Gasteiger charge is 2.22. The van der Waals surface area contributed by atoms with Crippen LogP contribution in [0.25, 0.3) is 0 Å². The first-order chi connectivity index (χ1) is 9.08. The fraction of sp³-hybridized carbons (Fsp3) is 0.188. The van der Waals surface area contributed by atoms with Crippen LogP contribution in [-0.4, -0.2) is 11.1 Å². The number of rotatable bonds is 4. The molecule has 0 amide bonds. The number of aryl methyl sites for hydroxylation is 2. The summed E-state index contributed by atoms with van der Waals surface area (Å²) in [5, 5.41) is 9.31.